The molecule has 0 N–H and O–H groups in total. The summed E-state index contributed by atoms with van der Waals surface area (Å²) >= 11 is 0. The van der Waals surface area contributed by atoms with Crippen LogP contribution >= 0.6 is 0 Å². The van der Waals surface area contributed by atoms with Crippen LogP contribution in [0.1, 0.15) is 43.7 Å². The lowest BCUT2D eigenvalue weighted by atomic mass is 9.89. The van der Waals surface area contributed by atoms with Gasteiger partial charge in [0.05, 0.1) is 11.4 Å². The van der Waals surface area contributed by atoms with Gasteiger partial charge < -0.3 is 9.80 Å². The molecule has 1 aliphatic heterocycles. The van der Waals surface area contributed by atoms with Gasteiger partial charge in [-0.1, -0.05) is 61.7 Å². The third-order valence-corrected chi connectivity index (χ3v) is 5.45. The second-order valence-electron chi connectivity index (χ2n) is 6.90. The van der Waals surface area contributed by atoms with Gasteiger partial charge in [-0.25, -0.2) is 0 Å². The van der Waals surface area contributed by atoms with Crippen molar-refractivity contribution < 1.29 is 4.79 Å². The SMILES string of the molecule is CN1C(=O)C(c2ccccc2)N(C2CCCCC2)c2ccccc21. The zero-order valence-corrected chi connectivity index (χ0v) is 14.2. The zero-order valence-electron chi connectivity index (χ0n) is 14.2. The van der Waals surface area contributed by atoms with Crippen molar-refractivity contribution in [2.45, 2.75) is 44.2 Å². The first-order chi connectivity index (χ1) is 11.8. The van der Waals surface area contributed by atoms with E-state index in [0.717, 1.165) is 11.3 Å². The van der Waals surface area contributed by atoms with Gasteiger partial charge in [-0.2, -0.15) is 0 Å². The van der Waals surface area contributed by atoms with E-state index in [9.17, 15) is 4.79 Å². The van der Waals surface area contributed by atoms with E-state index in [1.54, 1.807) is 0 Å². The summed E-state index contributed by atoms with van der Waals surface area (Å²) in [5.41, 5.74) is 3.31. The van der Waals surface area contributed by atoms with Crippen molar-refractivity contribution in [3.8, 4) is 0 Å². The van der Waals surface area contributed by atoms with E-state index in [1.165, 1.54) is 37.8 Å². The third kappa shape index (κ3) is 2.48. The largest absolute Gasteiger partial charge is 0.351 e. The molecule has 124 valence electrons. The molecule has 1 heterocycles. The smallest absolute Gasteiger partial charge is 0.254 e. The van der Waals surface area contributed by atoms with Crippen molar-refractivity contribution in [3.05, 3.63) is 60.2 Å². The van der Waals surface area contributed by atoms with Gasteiger partial charge in [0.25, 0.3) is 5.91 Å². The number of amides is 1. The van der Waals surface area contributed by atoms with Crippen LogP contribution < -0.4 is 9.80 Å². The summed E-state index contributed by atoms with van der Waals surface area (Å²) in [4.78, 5) is 17.5. The third-order valence-electron chi connectivity index (χ3n) is 5.45. The van der Waals surface area contributed by atoms with Crippen LogP contribution in [0, 0.1) is 0 Å². The molecule has 3 nitrogen and oxygen atoms in total. The van der Waals surface area contributed by atoms with Crippen molar-refractivity contribution in [2.75, 3.05) is 16.8 Å². The molecule has 0 radical (unpaired) electrons. The summed E-state index contributed by atoms with van der Waals surface area (Å²) in [7, 11) is 1.90. The molecule has 2 aliphatic rings. The van der Waals surface area contributed by atoms with E-state index < -0.39 is 0 Å². The molecule has 3 heteroatoms. The number of rotatable bonds is 2. The number of nitrogens with zero attached hydrogens (tertiary/aromatic N) is 2. The van der Waals surface area contributed by atoms with Crippen LogP contribution in [0.3, 0.4) is 0 Å². The van der Waals surface area contributed by atoms with Crippen molar-refractivity contribution in [1.29, 1.82) is 0 Å². The lowest BCUT2D eigenvalue weighted by molar-refractivity contribution is -0.120. The maximum atomic E-state index is 13.2. The summed E-state index contributed by atoms with van der Waals surface area (Å²) in [5.74, 6) is 0.172. The fourth-order valence-electron chi connectivity index (χ4n) is 4.23. The highest BCUT2D eigenvalue weighted by Gasteiger charge is 2.40. The van der Waals surface area contributed by atoms with Gasteiger partial charge in [0.1, 0.15) is 6.04 Å². The summed E-state index contributed by atoms with van der Waals surface area (Å²) in [5, 5.41) is 0. The standard InChI is InChI=1S/C21H24N2O/c1-22-18-14-8-9-15-19(18)23(17-12-6-3-7-13-17)20(21(22)24)16-10-4-2-5-11-16/h2,4-5,8-11,14-15,17,20H,3,6-7,12-13H2,1H3. The van der Waals surface area contributed by atoms with Crippen LogP contribution in [0.5, 0.6) is 0 Å². The number of benzene rings is 2. The Hall–Kier alpha value is -2.29. The summed E-state index contributed by atoms with van der Waals surface area (Å²) in [6, 6.07) is 18.8. The van der Waals surface area contributed by atoms with Gasteiger partial charge in [-0.05, 0) is 30.5 Å². The fourth-order valence-corrected chi connectivity index (χ4v) is 4.23. The molecular formula is C21H24N2O. The number of likely N-dealkylation sites (N-methyl/N-ethyl adjacent to an activating group) is 1. The molecule has 0 aromatic heterocycles. The average Bonchev–Trinajstić information content (AvgIpc) is 2.66. The van der Waals surface area contributed by atoms with Gasteiger partial charge in [0.2, 0.25) is 0 Å². The molecule has 1 atom stereocenters. The van der Waals surface area contributed by atoms with Crippen molar-refractivity contribution in [2.24, 2.45) is 0 Å². The molecule has 2 aromatic rings. The Morgan fingerprint density at radius 1 is 0.833 bits per heavy atom. The van der Waals surface area contributed by atoms with Crippen LogP contribution in [0.25, 0.3) is 0 Å². The number of carbonyl (C=O) groups is 1. The molecule has 0 spiro atoms. The van der Waals surface area contributed by atoms with Gasteiger partial charge in [-0.15, -0.1) is 0 Å². The highest BCUT2D eigenvalue weighted by molar-refractivity contribution is 6.05. The Balaban J connectivity index is 1.85. The van der Waals surface area contributed by atoms with Gasteiger partial charge >= 0.3 is 0 Å². The molecule has 24 heavy (non-hydrogen) atoms. The van der Waals surface area contributed by atoms with Crippen LogP contribution in [0.15, 0.2) is 54.6 Å². The summed E-state index contributed by atoms with van der Waals surface area (Å²) in [6.07, 6.45) is 6.18. The first-order valence-corrected chi connectivity index (χ1v) is 8.97. The Bertz CT molecular complexity index is 722. The average molecular weight is 320 g/mol. The van der Waals surface area contributed by atoms with E-state index in [-0.39, 0.29) is 11.9 Å². The zero-order chi connectivity index (χ0) is 16.5. The number of anilines is 2. The monoisotopic (exact) mass is 320 g/mol. The second-order valence-corrected chi connectivity index (χ2v) is 6.90. The maximum absolute atomic E-state index is 13.2. The highest BCUT2D eigenvalue weighted by Crippen LogP contribution is 2.44. The normalized spacial score (nSPS) is 21.7. The number of carbonyl (C=O) groups excluding carboxylic acids is 1. The van der Waals surface area contributed by atoms with Crippen LogP contribution in [0.2, 0.25) is 0 Å². The second kappa shape index (κ2) is 6.31. The van der Waals surface area contributed by atoms with E-state index in [1.807, 2.05) is 36.2 Å². The number of hydrogen-bond acceptors (Lipinski definition) is 2. The van der Waals surface area contributed by atoms with Crippen molar-refractivity contribution >= 4 is 17.3 Å². The molecule has 1 unspecified atom stereocenters. The van der Waals surface area contributed by atoms with E-state index in [4.69, 9.17) is 0 Å². The first kappa shape index (κ1) is 15.3. The topological polar surface area (TPSA) is 23.6 Å². The minimum Gasteiger partial charge on any atom is -0.351 e. The minimum atomic E-state index is -0.214. The van der Waals surface area contributed by atoms with Crippen molar-refractivity contribution in [3.63, 3.8) is 0 Å². The molecule has 0 bridgehead atoms. The number of fused-ring (bicyclic) bond motifs is 1. The van der Waals surface area contributed by atoms with Crippen LogP contribution in [0.4, 0.5) is 11.4 Å². The van der Waals surface area contributed by atoms with Gasteiger partial charge in [0, 0.05) is 13.1 Å². The lowest BCUT2D eigenvalue weighted by Gasteiger charge is -2.47. The molecule has 1 saturated carbocycles. The summed E-state index contributed by atoms with van der Waals surface area (Å²) in [6.45, 7) is 0. The Kier molecular flexibility index (Phi) is 4.01. The van der Waals surface area contributed by atoms with E-state index in [2.05, 4.69) is 35.2 Å². The predicted molar refractivity (Wildman–Crippen MR) is 98.4 cm³/mol. The molecule has 1 aliphatic carbocycles. The molecular weight excluding hydrogens is 296 g/mol. The molecule has 1 amide bonds. The fraction of sp³-hybridized carbons (Fsp3) is 0.381. The van der Waals surface area contributed by atoms with Gasteiger partial charge in [0.15, 0.2) is 0 Å². The number of para-hydroxylation sites is 2. The van der Waals surface area contributed by atoms with E-state index >= 15 is 0 Å². The van der Waals surface area contributed by atoms with Crippen LogP contribution in [-0.2, 0) is 4.79 Å². The summed E-state index contributed by atoms with van der Waals surface area (Å²) < 4.78 is 0. The van der Waals surface area contributed by atoms with Crippen molar-refractivity contribution in [1.82, 2.24) is 0 Å². The Labute approximate surface area is 143 Å². The highest BCUT2D eigenvalue weighted by atomic mass is 16.2. The maximum Gasteiger partial charge on any atom is 0.254 e. The Morgan fingerprint density at radius 2 is 1.46 bits per heavy atom. The Morgan fingerprint density at radius 3 is 2.17 bits per heavy atom. The lowest BCUT2D eigenvalue weighted by Crippen LogP contribution is -2.51. The number of hydrogen-bond donors (Lipinski definition) is 0. The van der Waals surface area contributed by atoms with E-state index in [0.29, 0.717) is 6.04 Å². The minimum absolute atomic E-state index is 0.172. The molecule has 0 saturated heterocycles. The van der Waals surface area contributed by atoms with Crippen LogP contribution in [-0.4, -0.2) is 19.0 Å². The van der Waals surface area contributed by atoms with Gasteiger partial charge in [-0.3, -0.25) is 4.79 Å². The first-order valence-electron chi connectivity index (χ1n) is 8.97. The molecule has 4 rings (SSSR count). The quantitative estimate of drug-likeness (QED) is 0.811. The molecule has 1 fully saturated rings. The predicted octanol–water partition coefficient (Wildman–Crippen LogP) is 4.54. The molecule has 2 aromatic carbocycles.